The number of morpholine rings is 1. The summed E-state index contributed by atoms with van der Waals surface area (Å²) in [6, 6.07) is 4.05. The molecular weight excluding hydrogens is 421 g/mol. The lowest BCUT2D eigenvalue weighted by Crippen LogP contribution is -2.47. The van der Waals surface area contributed by atoms with Crippen LogP contribution in [0.1, 0.15) is 5.56 Å². The monoisotopic (exact) mass is 440 g/mol. The molecule has 4 heterocycles. The van der Waals surface area contributed by atoms with E-state index in [4.69, 9.17) is 4.74 Å². The van der Waals surface area contributed by atoms with Crippen molar-refractivity contribution in [1.82, 2.24) is 24.1 Å². The number of ether oxygens (including phenoxy) is 1. The summed E-state index contributed by atoms with van der Waals surface area (Å²) in [7, 11) is -1.13. The smallest absolute Gasteiger partial charge is 0.373 e. The van der Waals surface area contributed by atoms with Crippen LogP contribution in [0.25, 0.3) is 17.2 Å². The molecule has 0 bridgehead atoms. The van der Waals surface area contributed by atoms with E-state index < -0.39 is 22.7 Å². The maximum atomic E-state index is 13.1. The van der Waals surface area contributed by atoms with Crippen LogP contribution < -0.4 is 9.62 Å². The summed E-state index contributed by atoms with van der Waals surface area (Å²) in [5, 5.41) is 0. The number of hydrogen-bond donors (Lipinski definition) is 1. The van der Waals surface area contributed by atoms with Gasteiger partial charge >= 0.3 is 6.18 Å². The summed E-state index contributed by atoms with van der Waals surface area (Å²) < 4.78 is 60.4. The Kier molecular flexibility index (Phi) is 5.71. The van der Waals surface area contributed by atoms with E-state index in [0.29, 0.717) is 43.4 Å². The van der Waals surface area contributed by atoms with E-state index in [1.807, 2.05) is 4.90 Å². The molecule has 1 fully saturated rings. The van der Waals surface area contributed by atoms with E-state index in [0.717, 1.165) is 12.3 Å². The number of nitrogens with one attached hydrogen (secondary N) is 1. The quantitative estimate of drug-likeness (QED) is 0.653. The predicted octanol–water partition coefficient (Wildman–Crippen LogP) is 1.90. The SMILES string of the molecule is CS(=O)NCC1CN(c2ccnc(-c3cnc4ccc(C(F)(F)F)cn34)n2)CCO1. The summed E-state index contributed by atoms with van der Waals surface area (Å²) in [6.07, 6.45) is 0.946. The van der Waals surface area contributed by atoms with Crippen molar-refractivity contribution in [2.75, 3.05) is 37.4 Å². The van der Waals surface area contributed by atoms with Crippen LogP contribution in [0, 0.1) is 0 Å². The molecule has 0 spiro atoms. The van der Waals surface area contributed by atoms with E-state index in [-0.39, 0.29) is 11.9 Å². The second-order valence-corrected chi connectivity index (χ2v) is 7.96. The zero-order valence-electron chi connectivity index (χ0n) is 16.0. The van der Waals surface area contributed by atoms with Gasteiger partial charge in [-0.1, -0.05) is 0 Å². The Morgan fingerprint density at radius 2 is 2.13 bits per heavy atom. The van der Waals surface area contributed by atoms with Crippen molar-refractivity contribution in [2.24, 2.45) is 0 Å². The molecule has 1 N–H and O–H groups in total. The molecular formula is C18H19F3N6O2S. The van der Waals surface area contributed by atoms with Crippen molar-refractivity contribution < 1.29 is 22.1 Å². The highest BCUT2D eigenvalue weighted by Crippen LogP contribution is 2.30. The minimum absolute atomic E-state index is 0.161. The highest BCUT2D eigenvalue weighted by Gasteiger charge is 2.31. The minimum atomic E-state index is -4.46. The van der Waals surface area contributed by atoms with Gasteiger partial charge in [0.2, 0.25) is 0 Å². The lowest BCUT2D eigenvalue weighted by molar-refractivity contribution is -0.137. The van der Waals surface area contributed by atoms with E-state index in [9.17, 15) is 17.4 Å². The number of hydrogen-bond acceptors (Lipinski definition) is 6. The molecule has 160 valence electrons. The summed E-state index contributed by atoms with van der Waals surface area (Å²) in [5.41, 5.74) is -0.0369. The molecule has 12 heteroatoms. The van der Waals surface area contributed by atoms with Crippen molar-refractivity contribution >= 4 is 22.5 Å². The average Bonchev–Trinajstić information content (AvgIpc) is 3.15. The molecule has 30 heavy (non-hydrogen) atoms. The molecule has 3 aromatic heterocycles. The van der Waals surface area contributed by atoms with Gasteiger partial charge in [-0.15, -0.1) is 0 Å². The van der Waals surface area contributed by atoms with Crippen molar-refractivity contribution in [3.8, 4) is 11.5 Å². The Labute approximate surface area is 172 Å². The summed E-state index contributed by atoms with van der Waals surface area (Å²) >= 11 is 0. The average molecular weight is 440 g/mol. The fourth-order valence-electron chi connectivity index (χ4n) is 3.22. The normalized spacial score (nSPS) is 18.7. The standard InChI is InChI=1S/C18H19F3N6O2S/c1-30(28)24-8-13-11-26(6-7-29-13)16-4-5-22-17(25-16)14-9-23-15-3-2-12(10-27(14)15)18(19,20)21/h2-5,9-10,13,24H,6-8,11H2,1H3. The zero-order chi connectivity index (χ0) is 21.3. The van der Waals surface area contributed by atoms with Crippen LogP contribution in [0.3, 0.4) is 0 Å². The summed E-state index contributed by atoms with van der Waals surface area (Å²) in [4.78, 5) is 14.9. The van der Waals surface area contributed by atoms with Crippen molar-refractivity contribution in [1.29, 1.82) is 0 Å². The number of rotatable bonds is 5. The van der Waals surface area contributed by atoms with E-state index in [1.165, 1.54) is 16.7 Å². The van der Waals surface area contributed by atoms with Crippen LogP contribution in [-0.2, 0) is 21.9 Å². The van der Waals surface area contributed by atoms with Gasteiger partial charge < -0.3 is 9.64 Å². The maximum absolute atomic E-state index is 13.1. The number of pyridine rings is 1. The molecule has 2 atom stereocenters. The lowest BCUT2D eigenvalue weighted by Gasteiger charge is -2.33. The first kappa shape index (κ1) is 20.7. The molecule has 1 aliphatic rings. The topological polar surface area (TPSA) is 84.7 Å². The second-order valence-electron chi connectivity index (χ2n) is 6.77. The van der Waals surface area contributed by atoms with Gasteiger partial charge in [-0.3, -0.25) is 4.40 Å². The second kappa shape index (κ2) is 8.28. The molecule has 3 aromatic rings. The number of imidazole rings is 1. The van der Waals surface area contributed by atoms with Crippen molar-refractivity contribution in [3.63, 3.8) is 0 Å². The third-order valence-electron chi connectivity index (χ3n) is 4.68. The Morgan fingerprint density at radius 1 is 1.30 bits per heavy atom. The molecule has 0 aromatic carbocycles. The predicted molar refractivity (Wildman–Crippen MR) is 105 cm³/mol. The molecule has 4 rings (SSSR count). The van der Waals surface area contributed by atoms with Gasteiger partial charge in [0.25, 0.3) is 0 Å². The van der Waals surface area contributed by atoms with E-state index >= 15 is 0 Å². The van der Waals surface area contributed by atoms with Crippen LogP contribution in [0.5, 0.6) is 0 Å². The lowest BCUT2D eigenvalue weighted by atomic mass is 10.2. The third-order valence-corrected chi connectivity index (χ3v) is 5.25. The van der Waals surface area contributed by atoms with Crippen molar-refractivity contribution in [2.45, 2.75) is 12.3 Å². The van der Waals surface area contributed by atoms with Crippen LogP contribution in [0.4, 0.5) is 19.0 Å². The Hall–Kier alpha value is -2.57. The molecule has 2 unspecified atom stereocenters. The maximum Gasteiger partial charge on any atom is 0.417 e. The van der Waals surface area contributed by atoms with Crippen LogP contribution in [-0.4, -0.2) is 62.2 Å². The van der Waals surface area contributed by atoms with Gasteiger partial charge in [0, 0.05) is 38.3 Å². The zero-order valence-corrected chi connectivity index (χ0v) is 16.8. The van der Waals surface area contributed by atoms with Crippen LogP contribution >= 0.6 is 0 Å². The summed E-state index contributed by atoms with van der Waals surface area (Å²) in [6.45, 7) is 2.05. The first-order valence-corrected chi connectivity index (χ1v) is 10.7. The first-order chi connectivity index (χ1) is 14.3. The van der Waals surface area contributed by atoms with Gasteiger partial charge in [-0.2, -0.15) is 13.2 Å². The highest BCUT2D eigenvalue weighted by molar-refractivity contribution is 7.82. The van der Waals surface area contributed by atoms with Gasteiger partial charge in [-0.25, -0.2) is 23.9 Å². The molecule has 0 saturated carbocycles. The van der Waals surface area contributed by atoms with E-state index in [1.54, 1.807) is 18.5 Å². The fraction of sp³-hybridized carbons (Fsp3) is 0.389. The summed E-state index contributed by atoms with van der Waals surface area (Å²) in [5.74, 6) is 0.906. The number of nitrogens with zero attached hydrogens (tertiary/aromatic N) is 5. The fourth-order valence-corrected chi connectivity index (χ4v) is 3.64. The van der Waals surface area contributed by atoms with Gasteiger partial charge in [0.05, 0.1) is 35.5 Å². The first-order valence-electron chi connectivity index (χ1n) is 9.12. The van der Waals surface area contributed by atoms with E-state index in [2.05, 4.69) is 19.7 Å². The molecule has 0 radical (unpaired) electrons. The molecule has 0 aliphatic carbocycles. The van der Waals surface area contributed by atoms with Gasteiger partial charge in [-0.05, 0) is 18.2 Å². The largest absolute Gasteiger partial charge is 0.417 e. The molecule has 0 amide bonds. The van der Waals surface area contributed by atoms with Crippen LogP contribution in [0.2, 0.25) is 0 Å². The molecule has 1 aliphatic heterocycles. The van der Waals surface area contributed by atoms with Gasteiger partial charge in [0.15, 0.2) is 5.82 Å². The van der Waals surface area contributed by atoms with Crippen LogP contribution in [0.15, 0.2) is 36.8 Å². The number of aromatic nitrogens is 4. The Bertz CT molecular complexity index is 1070. The Balaban J connectivity index is 1.61. The van der Waals surface area contributed by atoms with Crippen molar-refractivity contribution in [3.05, 3.63) is 42.4 Å². The molecule has 1 saturated heterocycles. The highest BCUT2D eigenvalue weighted by atomic mass is 32.2. The Morgan fingerprint density at radius 3 is 2.90 bits per heavy atom. The number of anilines is 1. The third kappa shape index (κ3) is 4.45. The van der Waals surface area contributed by atoms with Gasteiger partial charge in [0.1, 0.15) is 17.2 Å². The number of fused-ring (bicyclic) bond motifs is 1. The molecule has 8 nitrogen and oxygen atoms in total. The minimum Gasteiger partial charge on any atom is -0.373 e. The number of halogens is 3. The number of alkyl halides is 3.